The fraction of sp³-hybridized carbons (Fsp3) is 0.182. The summed E-state index contributed by atoms with van der Waals surface area (Å²) >= 11 is 0. The third kappa shape index (κ3) is 1.79. The van der Waals surface area contributed by atoms with Crippen molar-refractivity contribution in [2.45, 2.75) is 13.8 Å². The molecule has 1 aromatic heterocycles. The average Bonchev–Trinajstić information content (AvgIpc) is 2.70. The monoisotopic (exact) mass is 201 g/mol. The molecule has 1 aromatic carbocycles. The highest BCUT2D eigenvalue weighted by atomic mass is 16.1. The maximum Gasteiger partial charge on any atom is 0.159 e. The first-order valence-electron chi connectivity index (χ1n) is 4.65. The molecule has 0 amide bonds. The SMILES string of the molecule is CC(=O)c1ccc(-n2cncn2)c(C)c1. The zero-order valence-electron chi connectivity index (χ0n) is 8.64. The quantitative estimate of drug-likeness (QED) is 0.696. The van der Waals surface area contributed by atoms with Crippen LogP contribution in [-0.4, -0.2) is 20.5 Å². The van der Waals surface area contributed by atoms with Crippen molar-refractivity contribution in [2.24, 2.45) is 0 Å². The summed E-state index contributed by atoms with van der Waals surface area (Å²) in [5.74, 6) is 0.0724. The summed E-state index contributed by atoms with van der Waals surface area (Å²) < 4.78 is 1.68. The Hall–Kier alpha value is -1.97. The van der Waals surface area contributed by atoms with E-state index in [1.54, 1.807) is 24.0 Å². The van der Waals surface area contributed by atoms with E-state index in [9.17, 15) is 4.79 Å². The molecule has 2 rings (SSSR count). The first kappa shape index (κ1) is 9.58. The van der Waals surface area contributed by atoms with Gasteiger partial charge in [-0.25, -0.2) is 9.67 Å². The van der Waals surface area contributed by atoms with Crippen LogP contribution in [0, 0.1) is 6.92 Å². The van der Waals surface area contributed by atoms with Crippen molar-refractivity contribution in [3.8, 4) is 5.69 Å². The fourth-order valence-electron chi connectivity index (χ4n) is 1.46. The topological polar surface area (TPSA) is 47.8 Å². The van der Waals surface area contributed by atoms with Crippen molar-refractivity contribution in [2.75, 3.05) is 0 Å². The Kier molecular flexibility index (Phi) is 2.33. The lowest BCUT2D eigenvalue weighted by Crippen LogP contribution is -2.00. The fourth-order valence-corrected chi connectivity index (χ4v) is 1.46. The average molecular weight is 201 g/mol. The van der Waals surface area contributed by atoms with E-state index >= 15 is 0 Å². The molecule has 0 aliphatic rings. The van der Waals surface area contributed by atoms with Crippen molar-refractivity contribution >= 4 is 5.78 Å². The Bertz CT molecular complexity index is 489. The van der Waals surface area contributed by atoms with Crippen molar-refractivity contribution in [3.05, 3.63) is 42.0 Å². The second-order valence-electron chi connectivity index (χ2n) is 3.40. The van der Waals surface area contributed by atoms with E-state index in [1.165, 1.54) is 6.33 Å². The minimum absolute atomic E-state index is 0.0724. The van der Waals surface area contributed by atoms with Crippen molar-refractivity contribution in [1.29, 1.82) is 0 Å². The van der Waals surface area contributed by atoms with Gasteiger partial charge in [0, 0.05) is 5.56 Å². The summed E-state index contributed by atoms with van der Waals surface area (Å²) in [6.45, 7) is 3.51. The predicted octanol–water partition coefficient (Wildman–Crippen LogP) is 1.78. The number of carbonyl (C=O) groups excluding carboxylic acids is 1. The van der Waals surface area contributed by atoms with E-state index in [1.807, 2.05) is 19.1 Å². The lowest BCUT2D eigenvalue weighted by molar-refractivity contribution is 0.101. The molecule has 0 saturated heterocycles. The molecule has 0 saturated carbocycles. The Balaban J connectivity index is 2.48. The number of hydrogen-bond donors (Lipinski definition) is 0. The van der Waals surface area contributed by atoms with Gasteiger partial charge < -0.3 is 0 Å². The van der Waals surface area contributed by atoms with Gasteiger partial charge in [-0.2, -0.15) is 5.10 Å². The molecule has 0 bridgehead atoms. The maximum absolute atomic E-state index is 11.2. The smallest absolute Gasteiger partial charge is 0.159 e. The van der Waals surface area contributed by atoms with Crippen LogP contribution < -0.4 is 0 Å². The number of rotatable bonds is 2. The van der Waals surface area contributed by atoms with Gasteiger partial charge in [0.2, 0.25) is 0 Å². The Morgan fingerprint density at radius 3 is 2.73 bits per heavy atom. The third-order valence-electron chi connectivity index (χ3n) is 2.27. The van der Waals surface area contributed by atoms with Crippen LogP contribution in [0.15, 0.2) is 30.9 Å². The maximum atomic E-state index is 11.2. The van der Waals surface area contributed by atoms with Crippen LogP contribution >= 0.6 is 0 Å². The minimum atomic E-state index is 0.0724. The highest BCUT2D eigenvalue weighted by Crippen LogP contribution is 2.14. The predicted molar refractivity (Wildman–Crippen MR) is 56.1 cm³/mol. The second-order valence-corrected chi connectivity index (χ2v) is 3.40. The molecular formula is C11H11N3O. The molecule has 0 atom stereocenters. The van der Waals surface area contributed by atoms with Gasteiger partial charge in [0.1, 0.15) is 12.7 Å². The second kappa shape index (κ2) is 3.65. The van der Waals surface area contributed by atoms with Crippen molar-refractivity contribution in [3.63, 3.8) is 0 Å². The number of benzene rings is 1. The summed E-state index contributed by atoms with van der Waals surface area (Å²) in [6, 6.07) is 5.53. The molecule has 0 spiro atoms. The summed E-state index contributed by atoms with van der Waals surface area (Å²) in [4.78, 5) is 15.0. The first-order chi connectivity index (χ1) is 7.18. The van der Waals surface area contributed by atoms with Gasteiger partial charge in [-0.15, -0.1) is 0 Å². The van der Waals surface area contributed by atoms with Gasteiger partial charge in [-0.05, 0) is 37.6 Å². The van der Waals surface area contributed by atoms with Crippen LogP contribution in [-0.2, 0) is 0 Å². The minimum Gasteiger partial charge on any atom is -0.295 e. The highest BCUT2D eigenvalue weighted by Gasteiger charge is 2.05. The molecule has 2 aromatic rings. The number of hydrogen-bond acceptors (Lipinski definition) is 3. The molecule has 0 fully saturated rings. The van der Waals surface area contributed by atoms with E-state index < -0.39 is 0 Å². The standard InChI is InChI=1S/C11H11N3O/c1-8-5-10(9(2)15)3-4-11(8)14-7-12-6-13-14/h3-7H,1-2H3. The number of ketones is 1. The van der Waals surface area contributed by atoms with Crippen LogP contribution in [0.5, 0.6) is 0 Å². The van der Waals surface area contributed by atoms with Gasteiger partial charge in [0.05, 0.1) is 5.69 Å². The van der Waals surface area contributed by atoms with E-state index in [4.69, 9.17) is 0 Å². The van der Waals surface area contributed by atoms with Crippen LogP contribution in [0.3, 0.4) is 0 Å². The molecule has 0 radical (unpaired) electrons. The van der Waals surface area contributed by atoms with E-state index in [-0.39, 0.29) is 5.78 Å². The summed E-state index contributed by atoms with van der Waals surface area (Å²) in [5.41, 5.74) is 2.67. The van der Waals surface area contributed by atoms with Gasteiger partial charge in [0.15, 0.2) is 5.78 Å². The van der Waals surface area contributed by atoms with Gasteiger partial charge in [-0.3, -0.25) is 4.79 Å². The molecule has 0 aliphatic heterocycles. The van der Waals surface area contributed by atoms with Crippen molar-refractivity contribution < 1.29 is 4.79 Å². The molecule has 0 aliphatic carbocycles. The summed E-state index contributed by atoms with van der Waals surface area (Å²) in [6.07, 6.45) is 3.12. The number of aryl methyl sites for hydroxylation is 1. The molecule has 76 valence electrons. The number of nitrogens with zero attached hydrogens (tertiary/aromatic N) is 3. The summed E-state index contributed by atoms with van der Waals surface area (Å²) in [7, 11) is 0. The highest BCUT2D eigenvalue weighted by molar-refractivity contribution is 5.94. The largest absolute Gasteiger partial charge is 0.295 e. The molecule has 0 unspecified atom stereocenters. The van der Waals surface area contributed by atoms with E-state index in [0.29, 0.717) is 0 Å². The molecule has 15 heavy (non-hydrogen) atoms. The van der Waals surface area contributed by atoms with E-state index in [0.717, 1.165) is 16.8 Å². The molecule has 4 heteroatoms. The van der Waals surface area contributed by atoms with Crippen molar-refractivity contribution in [1.82, 2.24) is 14.8 Å². The van der Waals surface area contributed by atoms with Gasteiger partial charge in [0.25, 0.3) is 0 Å². The molecule has 4 nitrogen and oxygen atoms in total. The van der Waals surface area contributed by atoms with Crippen LogP contribution in [0.1, 0.15) is 22.8 Å². The normalized spacial score (nSPS) is 10.3. The van der Waals surface area contributed by atoms with Crippen LogP contribution in [0.2, 0.25) is 0 Å². The lowest BCUT2D eigenvalue weighted by atomic mass is 10.1. The zero-order chi connectivity index (χ0) is 10.8. The summed E-state index contributed by atoms with van der Waals surface area (Å²) in [5, 5.41) is 4.04. The first-order valence-corrected chi connectivity index (χ1v) is 4.65. The van der Waals surface area contributed by atoms with Gasteiger partial charge >= 0.3 is 0 Å². The number of aromatic nitrogens is 3. The number of Topliss-reactive ketones (excluding diaryl/α,β-unsaturated/α-hetero) is 1. The van der Waals surface area contributed by atoms with Crippen LogP contribution in [0.4, 0.5) is 0 Å². The Morgan fingerprint density at radius 1 is 1.40 bits per heavy atom. The Labute approximate surface area is 87.6 Å². The van der Waals surface area contributed by atoms with E-state index in [2.05, 4.69) is 10.1 Å². The molecular weight excluding hydrogens is 190 g/mol. The zero-order valence-corrected chi connectivity index (χ0v) is 8.64. The lowest BCUT2D eigenvalue weighted by Gasteiger charge is -2.06. The third-order valence-corrected chi connectivity index (χ3v) is 2.27. The van der Waals surface area contributed by atoms with Crippen LogP contribution in [0.25, 0.3) is 5.69 Å². The van der Waals surface area contributed by atoms with Gasteiger partial charge in [-0.1, -0.05) is 0 Å². The number of carbonyl (C=O) groups is 1. The molecule has 0 N–H and O–H groups in total. The molecule has 1 heterocycles. The Morgan fingerprint density at radius 2 is 2.20 bits per heavy atom.